The van der Waals surface area contributed by atoms with Crippen LogP contribution >= 0.6 is 0 Å². The van der Waals surface area contributed by atoms with Crippen LogP contribution in [0.2, 0.25) is 0 Å². The van der Waals surface area contributed by atoms with E-state index in [9.17, 15) is 9.59 Å². The number of hydrogen-bond acceptors (Lipinski definition) is 8. The molecule has 1 aromatic carbocycles. The summed E-state index contributed by atoms with van der Waals surface area (Å²) in [6, 6.07) is 8.19. The second-order valence-electron chi connectivity index (χ2n) is 16.3. The maximum absolute atomic E-state index is 14.8. The first-order valence-electron chi connectivity index (χ1n) is 17.4. The van der Waals surface area contributed by atoms with Crippen molar-refractivity contribution < 1.29 is 9.59 Å². The van der Waals surface area contributed by atoms with Gasteiger partial charge in [-0.15, -0.1) is 10.2 Å². The molecule has 0 radical (unpaired) electrons. The number of benzene rings is 1. The molecule has 1 saturated carbocycles. The lowest BCUT2D eigenvalue weighted by atomic mass is 9.69. The first-order valence-corrected chi connectivity index (χ1v) is 17.4. The van der Waals surface area contributed by atoms with Gasteiger partial charge in [-0.05, 0) is 92.4 Å². The number of H-pyrrole nitrogens is 1. The molecule has 2 amide bonds. The van der Waals surface area contributed by atoms with E-state index in [0.717, 1.165) is 63.7 Å². The number of carbonyl (C=O) groups excluding carboxylic acids is 2. The Bertz CT molecular complexity index is 1400. The molecule has 4 aliphatic rings. The molecule has 2 saturated heterocycles. The molecule has 2 N–H and O–H groups in total. The molecular weight excluding hydrogens is 578 g/mol. The van der Waals surface area contributed by atoms with E-state index >= 15 is 0 Å². The molecule has 6 rings (SSSR count). The maximum atomic E-state index is 14.8. The second-order valence-corrected chi connectivity index (χ2v) is 16.3. The Morgan fingerprint density at radius 1 is 1.04 bits per heavy atom. The molecule has 1 spiro atoms. The van der Waals surface area contributed by atoms with Crippen molar-refractivity contribution >= 4 is 17.6 Å². The normalized spacial score (nSPS) is 26.4. The van der Waals surface area contributed by atoms with Crippen LogP contribution in [0.5, 0.6) is 0 Å². The molecule has 4 heterocycles. The van der Waals surface area contributed by atoms with Crippen LogP contribution < -0.4 is 5.32 Å². The van der Waals surface area contributed by atoms with Crippen LogP contribution in [-0.2, 0) is 11.3 Å². The van der Waals surface area contributed by atoms with Gasteiger partial charge in [0.05, 0.1) is 12.6 Å². The molecular formula is C35H53N9O2. The van der Waals surface area contributed by atoms with E-state index in [1.807, 2.05) is 24.3 Å². The highest BCUT2D eigenvalue weighted by Crippen LogP contribution is 2.50. The SMILES string of the molecule is CC(C)(C)CC[C@H](c1ccc(C(=O)NCc2nn[nH]n2)cc1)N1C(=O)C(N2CCN3CCC[C@H]3C2)=NC12CCC(C(C)(C)C)CC2. The smallest absolute Gasteiger partial charge is 0.291 e. The summed E-state index contributed by atoms with van der Waals surface area (Å²) in [6.45, 7) is 17.9. The standard InChI is InChI=1S/C35H53N9O2/c1-33(2,3)16-15-28(24-9-11-25(12-10-24)31(45)36-22-29-38-40-41-39-29)44-32(46)30(43-21-20-42-19-7-8-27(42)23-43)37-35(44)17-13-26(14-18-35)34(4,5)6/h9-12,26-28H,7-8,13-23H2,1-6H3,(H,36,45)(H,38,39,40,41)/t26?,27-,28+,35?/m0/s1. The Kier molecular flexibility index (Phi) is 8.99. The van der Waals surface area contributed by atoms with Gasteiger partial charge in [0.15, 0.2) is 11.7 Å². The fourth-order valence-electron chi connectivity index (χ4n) is 8.11. The minimum Gasteiger partial charge on any atom is -0.349 e. The zero-order valence-corrected chi connectivity index (χ0v) is 28.7. The Labute approximate surface area is 274 Å². The van der Waals surface area contributed by atoms with E-state index in [0.29, 0.717) is 29.2 Å². The number of nitrogens with one attached hydrogen (secondary N) is 2. The second kappa shape index (κ2) is 12.7. The number of aromatic amines is 1. The lowest BCUT2D eigenvalue weighted by Gasteiger charge is -2.47. The van der Waals surface area contributed by atoms with Crippen molar-refractivity contribution in [2.24, 2.45) is 21.7 Å². The summed E-state index contributed by atoms with van der Waals surface area (Å²) in [4.78, 5) is 40.4. The van der Waals surface area contributed by atoms with Gasteiger partial charge in [-0.1, -0.05) is 58.9 Å². The summed E-state index contributed by atoms with van der Waals surface area (Å²) in [5, 5.41) is 16.6. The summed E-state index contributed by atoms with van der Waals surface area (Å²) < 4.78 is 0. The quantitative estimate of drug-likeness (QED) is 0.443. The fraction of sp³-hybridized carbons (Fsp3) is 0.714. The van der Waals surface area contributed by atoms with Crippen LogP contribution in [0.15, 0.2) is 29.3 Å². The maximum Gasteiger partial charge on any atom is 0.291 e. The highest BCUT2D eigenvalue weighted by atomic mass is 16.2. The van der Waals surface area contributed by atoms with Gasteiger partial charge in [-0.25, -0.2) is 4.99 Å². The van der Waals surface area contributed by atoms with E-state index in [4.69, 9.17) is 4.99 Å². The highest BCUT2D eigenvalue weighted by molar-refractivity contribution is 6.39. The molecule has 0 unspecified atom stereocenters. The topological polar surface area (TPSA) is 123 Å². The predicted molar refractivity (Wildman–Crippen MR) is 178 cm³/mol. The van der Waals surface area contributed by atoms with Crippen molar-refractivity contribution in [2.75, 3.05) is 26.2 Å². The summed E-state index contributed by atoms with van der Waals surface area (Å²) in [7, 11) is 0. The number of amides is 2. The number of aliphatic imine (C=N–C) groups is 1. The highest BCUT2D eigenvalue weighted by Gasteiger charge is 2.54. The fourth-order valence-corrected chi connectivity index (χ4v) is 8.11. The summed E-state index contributed by atoms with van der Waals surface area (Å²) in [5.74, 6) is 1.60. The van der Waals surface area contributed by atoms with E-state index in [1.54, 1.807) is 0 Å². The van der Waals surface area contributed by atoms with Gasteiger partial charge < -0.3 is 15.1 Å². The average molecular weight is 632 g/mol. The van der Waals surface area contributed by atoms with Crippen LogP contribution in [0.4, 0.5) is 0 Å². The van der Waals surface area contributed by atoms with E-state index in [2.05, 4.69) is 82.2 Å². The molecule has 1 aromatic heterocycles. The first-order chi connectivity index (χ1) is 21.8. The van der Waals surface area contributed by atoms with Crippen molar-refractivity contribution in [2.45, 2.75) is 117 Å². The van der Waals surface area contributed by atoms with E-state index < -0.39 is 5.66 Å². The Hall–Kier alpha value is -3.34. The third-order valence-electron chi connectivity index (χ3n) is 10.9. The molecule has 11 heteroatoms. The van der Waals surface area contributed by atoms with Crippen LogP contribution in [-0.4, -0.2) is 90.9 Å². The number of nitrogens with zero attached hydrogens (tertiary/aromatic N) is 7. The molecule has 3 fully saturated rings. The number of tetrazole rings is 1. The number of aromatic nitrogens is 4. The number of fused-ring (bicyclic) bond motifs is 1. The Morgan fingerprint density at radius 3 is 2.43 bits per heavy atom. The number of amidine groups is 1. The van der Waals surface area contributed by atoms with Gasteiger partial charge in [0.1, 0.15) is 5.66 Å². The Balaban J connectivity index is 1.30. The molecule has 2 atom stereocenters. The molecule has 250 valence electrons. The lowest BCUT2D eigenvalue weighted by Crippen LogP contribution is -2.55. The molecule has 0 bridgehead atoms. The van der Waals surface area contributed by atoms with Crippen LogP contribution in [0.25, 0.3) is 0 Å². The minimum atomic E-state index is -0.538. The minimum absolute atomic E-state index is 0.0847. The van der Waals surface area contributed by atoms with Crippen molar-refractivity contribution in [1.29, 1.82) is 0 Å². The monoisotopic (exact) mass is 631 g/mol. The lowest BCUT2D eigenvalue weighted by molar-refractivity contribution is -0.134. The van der Waals surface area contributed by atoms with Crippen molar-refractivity contribution in [3.05, 3.63) is 41.2 Å². The van der Waals surface area contributed by atoms with Gasteiger partial charge in [0.2, 0.25) is 0 Å². The summed E-state index contributed by atoms with van der Waals surface area (Å²) >= 11 is 0. The molecule has 1 aliphatic carbocycles. The number of rotatable bonds is 7. The van der Waals surface area contributed by atoms with E-state index in [-0.39, 0.29) is 35.2 Å². The van der Waals surface area contributed by atoms with Crippen LogP contribution in [0.1, 0.15) is 121 Å². The summed E-state index contributed by atoms with van der Waals surface area (Å²) in [6.07, 6.45) is 8.13. The number of piperazine rings is 1. The molecule has 46 heavy (non-hydrogen) atoms. The zero-order valence-electron chi connectivity index (χ0n) is 28.7. The van der Waals surface area contributed by atoms with Crippen LogP contribution in [0, 0.1) is 16.7 Å². The van der Waals surface area contributed by atoms with Gasteiger partial charge in [0.25, 0.3) is 11.8 Å². The van der Waals surface area contributed by atoms with Crippen molar-refractivity contribution in [3.8, 4) is 0 Å². The predicted octanol–water partition coefficient (Wildman–Crippen LogP) is 4.95. The molecule has 11 nitrogen and oxygen atoms in total. The zero-order chi connectivity index (χ0) is 32.7. The third-order valence-corrected chi connectivity index (χ3v) is 10.9. The molecule has 2 aromatic rings. The van der Waals surface area contributed by atoms with Crippen molar-refractivity contribution in [3.63, 3.8) is 0 Å². The van der Waals surface area contributed by atoms with E-state index in [1.165, 1.54) is 19.4 Å². The third kappa shape index (κ3) is 6.85. The molecule has 3 aliphatic heterocycles. The van der Waals surface area contributed by atoms with Gasteiger partial charge >= 0.3 is 0 Å². The van der Waals surface area contributed by atoms with Crippen LogP contribution in [0.3, 0.4) is 0 Å². The average Bonchev–Trinajstić information content (AvgIpc) is 3.76. The van der Waals surface area contributed by atoms with Crippen molar-refractivity contribution in [1.82, 2.24) is 40.6 Å². The number of carbonyl (C=O) groups is 2. The van der Waals surface area contributed by atoms with Gasteiger partial charge in [0, 0.05) is 31.2 Å². The van der Waals surface area contributed by atoms with Gasteiger partial charge in [-0.3, -0.25) is 14.5 Å². The number of hydrogen-bond donors (Lipinski definition) is 2. The van der Waals surface area contributed by atoms with Gasteiger partial charge in [-0.2, -0.15) is 5.21 Å². The Morgan fingerprint density at radius 2 is 1.78 bits per heavy atom. The largest absolute Gasteiger partial charge is 0.349 e. The summed E-state index contributed by atoms with van der Waals surface area (Å²) in [5.41, 5.74) is 1.41. The first kappa shape index (κ1) is 32.6.